The summed E-state index contributed by atoms with van der Waals surface area (Å²) in [6.07, 6.45) is 3.56. The molecule has 110 valence electrons. The SMILES string of the molecule is Cc1cc(NCC2CSCCS2)nc(-c2cccnc2)n1. The van der Waals surface area contributed by atoms with Crippen LogP contribution < -0.4 is 5.32 Å². The number of nitrogens with zero attached hydrogens (tertiary/aromatic N) is 3. The van der Waals surface area contributed by atoms with Crippen LogP contribution in [0.3, 0.4) is 0 Å². The maximum absolute atomic E-state index is 4.61. The fourth-order valence-corrected chi connectivity index (χ4v) is 4.77. The van der Waals surface area contributed by atoms with Crippen molar-refractivity contribution in [2.75, 3.05) is 29.1 Å². The number of aryl methyl sites for hydroxylation is 1. The molecule has 1 aliphatic heterocycles. The maximum Gasteiger partial charge on any atom is 0.163 e. The van der Waals surface area contributed by atoms with Crippen LogP contribution in [0, 0.1) is 6.92 Å². The zero-order chi connectivity index (χ0) is 14.5. The summed E-state index contributed by atoms with van der Waals surface area (Å²) in [7, 11) is 0. The summed E-state index contributed by atoms with van der Waals surface area (Å²) in [6, 6.07) is 5.89. The summed E-state index contributed by atoms with van der Waals surface area (Å²) >= 11 is 4.09. The van der Waals surface area contributed by atoms with Crippen LogP contribution in [0.2, 0.25) is 0 Å². The Bertz CT molecular complexity index is 585. The van der Waals surface area contributed by atoms with E-state index < -0.39 is 0 Å². The van der Waals surface area contributed by atoms with E-state index in [4.69, 9.17) is 0 Å². The largest absolute Gasteiger partial charge is 0.369 e. The molecule has 0 aliphatic carbocycles. The molecule has 2 aromatic heterocycles. The van der Waals surface area contributed by atoms with Gasteiger partial charge in [-0.2, -0.15) is 23.5 Å². The number of hydrogen-bond donors (Lipinski definition) is 1. The minimum Gasteiger partial charge on any atom is -0.369 e. The molecule has 1 unspecified atom stereocenters. The highest BCUT2D eigenvalue weighted by atomic mass is 32.2. The third-order valence-corrected chi connectivity index (χ3v) is 6.01. The molecule has 2 aromatic rings. The Morgan fingerprint density at radius 1 is 1.33 bits per heavy atom. The van der Waals surface area contributed by atoms with E-state index in [2.05, 4.69) is 32.0 Å². The summed E-state index contributed by atoms with van der Waals surface area (Å²) in [5, 5.41) is 4.13. The summed E-state index contributed by atoms with van der Waals surface area (Å²) in [5.74, 6) is 5.38. The molecule has 3 heterocycles. The Hall–Kier alpha value is -1.27. The first-order valence-corrected chi connectivity index (χ1v) is 9.21. The van der Waals surface area contributed by atoms with Crippen LogP contribution in [0.4, 0.5) is 5.82 Å². The normalized spacial score (nSPS) is 18.4. The Balaban J connectivity index is 1.72. The highest BCUT2D eigenvalue weighted by Crippen LogP contribution is 2.24. The van der Waals surface area contributed by atoms with Crippen LogP contribution in [0.15, 0.2) is 30.6 Å². The molecule has 0 radical (unpaired) electrons. The van der Waals surface area contributed by atoms with E-state index in [-0.39, 0.29) is 0 Å². The van der Waals surface area contributed by atoms with E-state index in [0.29, 0.717) is 5.25 Å². The van der Waals surface area contributed by atoms with E-state index in [9.17, 15) is 0 Å². The minimum absolute atomic E-state index is 0.667. The summed E-state index contributed by atoms with van der Waals surface area (Å²) in [6.45, 7) is 2.96. The summed E-state index contributed by atoms with van der Waals surface area (Å²) in [5.41, 5.74) is 1.92. The average Bonchev–Trinajstić information content (AvgIpc) is 2.54. The molecule has 1 fully saturated rings. The molecule has 1 atom stereocenters. The predicted octanol–water partition coefficient (Wildman–Crippen LogP) is 3.11. The summed E-state index contributed by atoms with van der Waals surface area (Å²) < 4.78 is 0. The monoisotopic (exact) mass is 318 g/mol. The number of pyridine rings is 1. The molecule has 0 spiro atoms. The van der Waals surface area contributed by atoms with E-state index in [1.807, 2.05) is 36.9 Å². The first kappa shape index (κ1) is 14.7. The van der Waals surface area contributed by atoms with Crippen LogP contribution in [0.25, 0.3) is 11.4 Å². The molecule has 21 heavy (non-hydrogen) atoms. The lowest BCUT2D eigenvalue weighted by atomic mass is 10.2. The minimum atomic E-state index is 0.667. The molecule has 0 saturated carbocycles. The predicted molar refractivity (Wildman–Crippen MR) is 92.1 cm³/mol. The van der Waals surface area contributed by atoms with Gasteiger partial charge in [-0.05, 0) is 19.1 Å². The van der Waals surface area contributed by atoms with E-state index >= 15 is 0 Å². The zero-order valence-electron chi connectivity index (χ0n) is 12.0. The van der Waals surface area contributed by atoms with Gasteiger partial charge in [0, 0.05) is 58.8 Å². The van der Waals surface area contributed by atoms with Gasteiger partial charge in [0.05, 0.1) is 0 Å². The van der Waals surface area contributed by atoms with Crippen molar-refractivity contribution in [2.45, 2.75) is 12.2 Å². The smallest absolute Gasteiger partial charge is 0.163 e. The van der Waals surface area contributed by atoms with Crippen molar-refractivity contribution in [2.24, 2.45) is 0 Å². The van der Waals surface area contributed by atoms with Gasteiger partial charge in [0.1, 0.15) is 5.82 Å². The van der Waals surface area contributed by atoms with Gasteiger partial charge >= 0.3 is 0 Å². The van der Waals surface area contributed by atoms with Crippen LogP contribution >= 0.6 is 23.5 Å². The quantitative estimate of drug-likeness (QED) is 0.935. The van der Waals surface area contributed by atoms with Gasteiger partial charge in [0.2, 0.25) is 0 Å². The number of nitrogens with one attached hydrogen (secondary N) is 1. The van der Waals surface area contributed by atoms with Gasteiger partial charge in [0.15, 0.2) is 5.82 Å². The van der Waals surface area contributed by atoms with Gasteiger partial charge in [-0.25, -0.2) is 9.97 Å². The van der Waals surface area contributed by atoms with E-state index in [1.165, 1.54) is 17.3 Å². The van der Waals surface area contributed by atoms with E-state index in [0.717, 1.165) is 29.4 Å². The Kier molecular flexibility index (Phi) is 4.98. The van der Waals surface area contributed by atoms with Crippen molar-refractivity contribution in [3.05, 3.63) is 36.3 Å². The highest BCUT2D eigenvalue weighted by molar-refractivity contribution is 8.06. The van der Waals surface area contributed by atoms with Crippen LogP contribution in [0.5, 0.6) is 0 Å². The van der Waals surface area contributed by atoms with Crippen LogP contribution in [0.1, 0.15) is 5.69 Å². The fourth-order valence-electron chi connectivity index (χ4n) is 2.16. The molecular weight excluding hydrogens is 300 g/mol. The number of thioether (sulfide) groups is 2. The summed E-state index contributed by atoms with van der Waals surface area (Å²) in [4.78, 5) is 13.2. The molecule has 3 rings (SSSR count). The Labute approximate surface area is 133 Å². The molecule has 0 aromatic carbocycles. The van der Waals surface area contributed by atoms with Crippen molar-refractivity contribution in [1.29, 1.82) is 0 Å². The van der Waals surface area contributed by atoms with Crippen molar-refractivity contribution >= 4 is 29.3 Å². The van der Waals surface area contributed by atoms with Gasteiger partial charge in [0.25, 0.3) is 0 Å². The third kappa shape index (κ3) is 4.11. The molecule has 4 nitrogen and oxygen atoms in total. The van der Waals surface area contributed by atoms with Gasteiger partial charge in [-0.3, -0.25) is 4.98 Å². The maximum atomic E-state index is 4.61. The number of rotatable bonds is 4. The second-order valence-electron chi connectivity index (χ2n) is 4.91. The lowest BCUT2D eigenvalue weighted by Crippen LogP contribution is -2.23. The molecular formula is C15H18N4S2. The topological polar surface area (TPSA) is 50.7 Å². The number of hydrogen-bond acceptors (Lipinski definition) is 6. The van der Waals surface area contributed by atoms with Crippen molar-refractivity contribution in [3.8, 4) is 11.4 Å². The lowest BCUT2D eigenvalue weighted by Gasteiger charge is -2.21. The van der Waals surface area contributed by atoms with Crippen molar-refractivity contribution < 1.29 is 0 Å². The second-order valence-corrected chi connectivity index (χ2v) is 7.47. The Morgan fingerprint density at radius 2 is 2.29 bits per heavy atom. The van der Waals surface area contributed by atoms with Gasteiger partial charge < -0.3 is 5.32 Å². The molecule has 0 bridgehead atoms. The highest BCUT2D eigenvalue weighted by Gasteiger charge is 2.14. The zero-order valence-corrected chi connectivity index (χ0v) is 13.6. The second kappa shape index (κ2) is 7.13. The Morgan fingerprint density at radius 3 is 3.05 bits per heavy atom. The number of aromatic nitrogens is 3. The molecule has 0 amide bonds. The average molecular weight is 318 g/mol. The van der Waals surface area contributed by atoms with E-state index in [1.54, 1.807) is 12.4 Å². The van der Waals surface area contributed by atoms with Crippen molar-refractivity contribution in [3.63, 3.8) is 0 Å². The molecule has 1 N–H and O–H groups in total. The van der Waals surface area contributed by atoms with Crippen LogP contribution in [-0.4, -0.2) is 44.0 Å². The fraction of sp³-hybridized carbons (Fsp3) is 0.400. The molecule has 1 saturated heterocycles. The number of anilines is 1. The van der Waals surface area contributed by atoms with Gasteiger partial charge in [-0.1, -0.05) is 0 Å². The standard InChI is InChI=1S/C15H18N4S2/c1-11-7-14(17-9-13-10-20-5-6-21-13)19-15(18-11)12-3-2-4-16-8-12/h2-4,7-8,13H,5-6,9-10H2,1H3,(H,17,18,19). The molecule has 6 heteroatoms. The first-order valence-electron chi connectivity index (χ1n) is 7.00. The lowest BCUT2D eigenvalue weighted by molar-refractivity contribution is 0.983. The molecule has 1 aliphatic rings. The third-order valence-electron chi connectivity index (χ3n) is 3.17. The van der Waals surface area contributed by atoms with Crippen LogP contribution in [-0.2, 0) is 0 Å². The van der Waals surface area contributed by atoms with Crippen molar-refractivity contribution in [1.82, 2.24) is 15.0 Å². The van der Waals surface area contributed by atoms with Gasteiger partial charge in [-0.15, -0.1) is 0 Å². The first-order chi connectivity index (χ1) is 10.3.